The summed E-state index contributed by atoms with van der Waals surface area (Å²) in [6.07, 6.45) is 4.18. The van der Waals surface area contributed by atoms with Gasteiger partial charge in [0.15, 0.2) is 0 Å². The van der Waals surface area contributed by atoms with Crippen LogP contribution in [0.5, 0.6) is 5.75 Å². The summed E-state index contributed by atoms with van der Waals surface area (Å²) < 4.78 is 5.35. The highest BCUT2D eigenvalue weighted by Gasteiger charge is 2.38. The van der Waals surface area contributed by atoms with Crippen LogP contribution in [0.2, 0.25) is 5.02 Å². The van der Waals surface area contributed by atoms with Crippen molar-refractivity contribution in [1.82, 2.24) is 19.6 Å². The molecule has 0 aromatic heterocycles. The smallest absolute Gasteiger partial charge is 0.258 e. The molecule has 0 radical (unpaired) electrons. The first-order valence-corrected chi connectivity index (χ1v) is 11.8. The van der Waals surface area contributed by atoms with Crippen molar-refractivity contribution in [1.29, 1.82) is 0 Å². The van der Waals surface area contributed by atoms with E-state index >= 15 is 0 Å². The third-order valence-corrected chi connectivity index (χ3v) is 7.04. The summed E-state index contributed by atoms with van der Waals surface area (Å²) >= 11 is 6.12. The molecule has 0 N–H and O–H groups in total. The van der Waals surface area contributed by atoms with Gasteiger partial charge < -0.3 is 19.4 Å². The van der Waals surface area contributed by atoms with Crippen LogP contribution < -0.4 is 4.74 Å². The first-order valence-electron chi connectivity index (χ1n) is 11.4. The van der Waals surface area contributed by atoms with E-state index in [9.17, 15) is 9.59 Å². The van der Waals surface area contributed by atoms with Gasteiger partial charge in [0.25, 0.3) is 5.91 Å². The van der Waals surface area contributed by atoms with E-state index in [0.29, 0.717) is 29.3 Å². The molecule has 3 heterocycles. The summed E-state index contributed by atoms with van der Waals surface area (Å²) in [7, 11) is 1.54. The summed E-state index contributed by atoms with van der Waals surface area (Å²) in [5.74, 6) is 0.379. The molecule has 4 rings (SSSR count). The Morgan fingerprint density at radius 2 is 1.65 bits per heavy atom. The summed E-state index contributed by atoms with van der Waals surface area (Å²) in [6, 6.07) is 4.63. The zero-order valence-electron chi connectivity index (χ0n) is 18.4. The number of nitrogens with zero attached hydrogens (tertiary/aromatic N) is 4. The van der Waals surface area contributed by atoms with Crippen molar-refractivity contribution in [3.8, 4) is 5.75 Å². The molecule has 8 heteroatoms. The number of carbonyl (C=O) groups excluding carboxylic acids is 2. The van der Waals surface area contributed by atoms with Gasteiger partial charge >= 0.3 is 0 Å². The van der Waals surface area contributed by atoms with Crippen molar-refractivity contribution in [3.63, 3.8) is 0 Å². The molecule has 3 fully saturated rings. The van der Waals surface area contributed by atoms with Gasteiger partial charge in [-0.25, -0.2) is 0 Å². The largest absolute Gasteiger partial charge is 0.496 e. The van der Waals surface area contributed by atoms with E-state index in [-0.39, 0.29) is 11.8 Å². The molecular formula is C23H33ClN4O3. The van der Waals surface area contributed by atoms with E-state index in [0.717, 1.165) is 45.7 Å². The molecule has 3 aliphatic rings. The Labute approximate surface area is 189 Å². The number of halogens is 1. The van der Waals surface area contributed by atoms with Crippen LogP contribution in [0.3, 0.4) is 0 Å². The maximum Gasteiger partial charge on any atom is 0.258 e. The number of piperazine rings is 1. The fourth-order valence-corrected chi connectivity index (χ4v) is 5.13. The molecule has 3 aliphatic heterocycles. The molecule has 0 aliphatic carbocycles. The van der Waals surface area contributed by atoms with Gasteiger partial charge in [-0.05, 0) is 57.0 Å². The number of benzene rings is 1. The Kier molecular flexibility index (Phi) is 7.35. The fraction of sp³-hybridized carbons (Fsp3) is 0.652. The van der Waals surface area contributed by atoms with Crippen LogP contribution in [0.1, 0.15) is 36.0 Å². The molecule has 2 amide bonds. The highest BCUT2D eigenvalue weighted by molar-refractivity contribution is 6.31. The quantitative estimate of drug-likeness (QED) is 0.667. The van der Waals surface area contributed by atoms with Gasteiger partial charge in [-0.3, -0.25) is 14.5 Å². The third-order valence-electron chi connectivity index (χ3n) is 6.81. The average molecular weight is 449 g/mol. The van der Waals surface area contributed by atoms with Gasteiger partial charge in [-0.1, -0.05) is 11.6 Å². The van der Waals surface area contributed by atoms with Crippen molar-refractivity contribution in [2.45, 2.75) is 31.7 Å². The van der Waals surface area contributed by atoms with E-state index in [2.05, 4.69) is 9.80 Å². The molecule has 1 aromatic carbocycles. The van der Waals surface area contributed by atoms with Crippen LogP contribution in [0, 0.1) is 0 Å². The second-order valence-corrected chi connectivity index (χ2v) is 9.15. The van der Waals surface area contributed by atoms with Crippen LogP contribution in [0.4, 0.5) is 0 Å². The minimum atomic E-state index is -0.396. The van der Waals surface area contributed by atoms with Gasteiger partial charge in [0, 0.05) is 50.8 Å². The van der Waals surface area contributed by atoms with E-state index in [1.165, 1.54) is 33.0 Å². The third kappa shape index (κ3) is 5.16. The van der Waals surface area contributed by atoms with Crippen molar-refractivity contribution in [2.75, 3.05) is 66.0 Å². The Hall–Kier alpha value is -1.83. The zero-order chi connectivity index (χ0) is 21.8. The second kappa shape index (κ2) is 10.2. The second-order valence-electron chi connectivity index (χ2n) is 8.72. The molecule has 31 heavy (non-hydrogen) atoms. The van der Waals surface area contributed by atoms with Gasteiger partial charge in [-0.2, -0.15) is 0 Å². The lowest BCUT2D eigenvalue weighted by molar-refractivity contribution is -0.137. The first-order chi connectivity index (χ1) is 15.1. The summed E-state index contributed by atoms with van der Waals surface area (Å²) in [4.78, 5) is 35.2. The molecule has 1 unspecified atom stereocenters. The number of hydrogen-bond donors (Lipinski definition) is 0. The van der Waals surface area contributed by atoms with Crippen LogP contribution in [0.15, 0.2) is 18.2 Å². The molecule has 170 valence electrons. The molecule has 0 spiro atoms. The van der Waals surface area contributed by atoms with Crippen molar-refractivity contribution in [3.05, 3.63) is 28.8 Å². The SMILES string of the molecule is COc1ccc(Cl)cc1C(=O)N1CCCC1C(=O)N1CCN(CCN2CCCC2)CC1. The number of methoxy groups -OCH3 is 1. The van der Waals surface area contributed by atoms with Crippen LogP contribution >= 0.6 is 11.6 Å². The Morgan fingerprint density at radius 3 is 2.32 bits per heavy atom. The lowest BCUT2D eigenvalue weighted by Crippen LogP contribution is -2.55. The predicted octanol–water partition coefficient (Wildman–Crippen LogP) is 2.19. The van der Waals surface area contributed by atoms with Gasteiger partial charge in [0.05, 0.1) is 12.7 Å². The van der Waals surface area contributed by atoms with Crippen molar-refractivity contribution >= 4 is 23.4 Å². The Balaban J connectivity index is 1.34. The topological polar surface area (TPSA) is 56.3 Å². The van der Waals surface area contributed by atoms with E-state index in [1.807, 2.05) is 4.90 Å². The monoisotopic (exact) mass is 448 g/mol. The van der Waals surface area contributed by atoms with Crippen molar-refractivity contribution < 1.29 is 14.3 Å². The minimum Gasteiger partial charge on any atom is -0.496 e. The lowest BCUT2D eigenvalue weighted by Gasteiger charge is -2.37. The maximum atomic E-state index is 13.3. The van der Waals surface area contributed by atoms with Crippen molar-refractivity contribution in [2.24, 2.45) is 0 Å². The molecule has 3 saturated heterocycles. The summed E-state index contributed by atoms with van der Waals surface area (Å²) in [6.45, 7) is 8.51. The molecule has 1 aromatic rings. The highest BCUT2D eigenvalue weighted by atomic mass is 35.5. The van der Waals surface area contributed by atoms with Crippen LogP contribution in [0.25, 0.3) is 0 Å². The standard InChI is InChI=1S/C23H33ClN4O3/c1-31-21-7-6-18(24)17-19(21)22(29)28-10-4-5-20(28)23(30)27-15-13-26(14-16-27)12-11-25-8-2-3-9-25/h6-7,17,20H,2-5,8-16H2,1H3. The molecule has 0 bridgehead atoms. The van der Waals surface area contributed by atoms with E-state index in [1.54, 1.807) is 23.1 Å². The molecule has 7 nitrogen and oxygen atoms in total. The number of rotatable bonds is 6. The minimum absolute atomic E-state index is 0.0750. The van der Waals surface area contributed by atoms with Gasteiger partial charge in [0.1, 0.15) is 11.8 Å². The summed E-state index contributed by atoms with van der Waals surface area (Å²) in [5.41, 5.74) is 0.418. The van der Waals surface area contributed by atoms with E-state index < -0.39 is 6.04 Å². The number of ether oxygens (including phenoxy) is 1. The number of amides is 2. The number of hydrogen-bond acceptors (Lipinski definition) is 5. The first kappa shape index (κ1) is 22.4. The summed E-state index contributed by atoms with van der Waals surface area (Å²) in [5, 5.41) is 0.483. The fourth-order valence-electron chi connectivity index (χ4n) is 4.96. The van der Waals surface area contributed by atoms with Crippen LogP contribution in [-0.2, 0) is 4.79 Å². The normalized spacial score (nSPS) is 22.8. The van der Waals surface area contributed by atoms with Gasteiger partial charge in [0.2, 0.25) is 5.91 Å². The molecule has 0 saturated carbocycles. The van der Waals surface area contributed by atoms with Gasteiger partial charge in [-0.15, -0.1) is 0 Å². The Morgan fingerprint density at radius 1 is 0.968 bits per heavy atom. The van der Waals surface area contributed by atoms with Crippen LogP contribution in [-0.4, -0.2) is 103 Å². The predicted molar refractivity (Wildman–Crippen MR) is 121 cm³/mol. The number of carbonyl (C=O) groups is 2. The molecule has 1 atom stereocenters. The highest BCUT2D eigenvalue weighted by Crippen LogP contribution is 2.28. The number of likely N-dealkylation sites (tertiary alicyclic amines) is 2. The average Bonchev–Trinajstić information content (AvgIpc) is 3.49. The maximum absolute atomic E-state index is 13.3. The lowest BCUT2D eigenvalue weighted by atomic mass is 10.1. The Bertz CT molecular complexity index is 791. The molecular weight excluding hydrogens is 416 g/mol. The zero-order valence-corrected chi connectivity index (χ0v) is 19.1. The van der Waals surface area contributed by atoms with E-state index in [4.69, 9.17) is 16.3 Å².